The Morgan fingerprint density at radius 2 is 1.86 bits per heavy atom. The molecule has 10 nitrogen and oxygen atoms in total. The molecular formula is C23H25F3N2O8S. The van der Waals surface area contributed by atoms with Crippen molar-refractivity contribution in [3.63, 3.8) is 0 Å². The minimum absolute atomic E-state index is 0.00553. The van der Waals surface area contributed by atoms with Crippen LogP contribution in [-0.2, 0) is 19.6 Å². The Bertz CT molecular complexity index is 1280. The molecule has 0 saturated carbocycles. The summed E-state index contributed by atoms with van der Waals surface area (Å²) in [5.74, 6) is -0.965. The molecule has 1 aliphatic heterocycles. The van der Waals surface area contributed by atoms with Gasteiger partial charge in [0.25, 0.3) is 10.0 Å². The van der Waals surface area contributed by atoms with Crippen LogP contribution in [0, 0.1) is 0 Å². The zero-order valence-electron chi connectivity index (χ0n) is 20.0. The highest BCUT2D eigenvalue weighted by atomic mass is 32.2. The summed E-state index contributed by atoms with van der Waals surface area (Å²) in [6.07, 6.45) is -7.31. The monoisotopic (exact) mass is 546 g/mol. The van der Waals surface area contributed by atoms with Crippen LogP contribution in [0.25, 0.3) is 0 Å². The Balaban J connectivity index is 1.99. The lowest BCUT2D eigenvalue weighted by atomic mass is 10.1. The number of fused-ring (bicyclic) bond motifs is 1. The Morgan fingerprint density at radius 3 is 2.49 bits per heavy atom. The van der Waals surface area contributed by atoms with Gasteiger partial charge in [0, 0.05) is 12.1 Å². The first-order valence-corrected chi connectivity index (χ1v) is 12.3. The fraction of sp³-hybridized carbons (Fsp3) is 0.391. The van der Waals surface area contributed by atoms with Crippen molar-refractivity contribution < 1.29 is 50.5 Å². The number of rotatable bonds is 8. The van der Waals surface area contributed by atoms with Gasteiger partial charge in [0.15, 0.2) is 0 Å². The number of hydrogen-bond acceptors (Lipinski definition) is 7. The predicted octanol–water partition coefficient (Wildman–Crippen LogP) is 4.41. The molecule has 0 fully saturated rings. The number of nitrogens with one attached hydrogen (secondary N) is 1. The summed E-state index contributed by atoms with van der Waals surface area (Å²) >= 11 is 0. The second-order valence-corrected chi connectivity index (χ2v) is 10.4. The number of methoxy groups -OCH3 is 1. The molecule has 1 amide bonds. The zero-order chi connectivity index (χ0) is 27.6. The van der Waals surface area contributed by atoms with Gasteiger partial charge in [-0.2, -0.15) is 13.2 Å². The second-order valence-electron chi connectivity index (χ2n) is 8.56. The van der Waals surface area contributed by atoms with Gasteiger partial charge in [-0.3, -0.25) is 14.4 Å². The van der Waals surface area contributed by atoms with Crippen LogP contribution < -0.4 is 19.1 Å². The van der Waals surface area contributed by atoms with Crippen LogP contribution in [0.15, 0.2) is 47.4 Å². The van der Waals surface area contributed by atoms with Gasteiger partial charge >= 0.3 is 18.2 Å². The van der Waals surface area contributed by atoms with Crippen LogP contribution in [-0.4, -0.2) is 57.1 Å². The number of alkyl halides is 3. The van der Waals surface area contributed by atoms with Crippen molar-refractivity contribution in [2.45, 2.75) is 49.5 Å². The molecule has 1 unspecified atom stereocenters. The maximum Gasteiger partial charge on any atom is 0.427 e. The largest absolute Gasteiger partial charge is 0.495 e. The van der Waals surface area contributed by atoms with Crippen LogP contribution in [0.3, 0.4) is 0 Å². The molecule has 1 atom stereocenters. The van der Waals surface area contributed by atoms with Crippen LogP contribution in [0.5, 0.6) is 11.5 Å². The number of benzene rings is 2. The van der Waals surface area contributed by atoms with Gasteiger partial charge in [0.05, 0.1) is 19.3 Å². The number of anilines is 2. The molecule has 2 aromatic carbocycles. The molecule has 1 heterocycles. The van der Waals surface area contributed by atoms with Crippen LogP contribution in [0.4, 0.5) is 29.3 Å². The average molecular weight is 547 g/mol. The first-order valence-electron chi connectivity index (χ1n) is 10.9. The van der Waals surface area contributed by atoms with Crippen molar-refractivity contribution in [3.05, 3.63) is 42.5 Å². The van der Waals surface area contributed by atoms with E-state index in [0.717, 1.165) is 4.31 Å². The second kappa shape index (κ2) is 10.4. The Kier molecular flexibility index (Phi) is 7.81. The maximum atomic E-state index is 13.7. The molecule has 37 heavy (non-hydrogen) atoms. The number of carbonyl (C=O) groups excluding carboxylic acids is 1. The van der Waals surface area contributed by atoms with Gasteiger partial charge in [-0.15, -0.1) is 0 Å². The summed E-state index contributed by atoms with van der Waals surface area (Å²) in [5, 5.41) is 11.2. The highest BCUT2D eigenvalue weighted by Gasteiger charge is 2.51. The summed E-state index contributed by atoms with van der Waals surface area (Å²) in [6, 6.07) is 9.66. The smallest absolute Gasteiger partial charge is 0.427 e. The molecule has 1 aliphatic rings. The fourth-order valence-corrected chi connectivity index (χ4v) is 5.09. The van der Waals surface area contributed by atoms with E-state index in [-0.39, 0.29) is 47.2 Å². The number of sulfonamides is 1. The number of nitrogens with zero attached hydrogens (tertiary/aromatic N) is 1. The zero-order valence-corrected chi connectivity index (χ0v) is 20.9. The number of ether oxygens (including phenoxy) is 3. The topological polar surface area (TPSA) is 131 Å². The molecule has 2 aromatic rings. The Labute approximate surface area is 211 Å². The van der Waals surface area contributed by atoms with Gasteiger partial charge in [-0.05, 0) is 50.6 Å². The number of aliphatic carboxylic acids is 1. The predicted molar refractivity (Wildman–Crippen MR) is 125 cm³/mol. The summed E-state index contributed by atoms with van der Waals surface area (Å²) in [7, 11) is -3.00. The van der Waals surface area contributed by atoms with Crippen LogP contribution in [0.2, 0.25) is 0 Å². The van der Waals surface area contributed by atoms with Gasteiger partial charge in [-0.25, -0.2) is 13.2 Å². The molecule has 0 aliphatic carbocycles. The average Bonchev–Trinajstić information content (AvgIpc) is 2.81. The molecule has 202 valence electrons. The summed E-state index contributed by atoms with van der Waals surface area (Å²) in [4.78, 5) is 23.0. The minimum Gasteiger partial charge on any atom is -0.495 e. The highest BCUT2D eigenvalue weighted by Crippen LogP contribution is 2.41. The summed E-state index contributed by atoms with van der Waals surface area (Å²) < 4.78 is 83.0. The van der Waals surface area contributed by atoms with Gasteiger partial charge < -0.3 is 19.3 Å². The fourth-order valence-electron chi connectivity index (χ4n) is 3.44. The van der Waals surface area contributed by atoms with E-state index in [1.54, 1.807) is 6.07 Å². The van der Waals surface area contributed by atoms with E-state index < -0.39 is 40.0 Å². The van der Waals surface area contributed by atoms with Crippen LogP contribution in [0.1, 0.15) is 26.7 Å². The van der Waals surface area contributed by atoms with E-state index in [9.17, 15) is 31.2 Å². The van der Waals surface area contributed by atoms with Crippen LogP contribution >= 0.6 is 0 Å². The lowest BCUT2D eigenvalue weighted by Crippen LogP contribution is -2.44. The molecule has 0 radical (unpaired) electrons. The van der Waals surface area contributed by atoms with Gasteiger partial charge in [-0.1, -0.05) is 12.1 Å². The Hall–Kier alpha value is -3.68. The number of amides is 1. The lowest BCUT2D eigenvalue weighted by Gasteiger charge is -2.36. The van der Waals surface area contributed by atoms with E-state index in [2.05, 4.69) is 10.1 Å². The normalized spacial score (nSPS) is 15.8. The van der Waals surface area contributed by atoms with E-state index >= 15 is 0 Å². The van der Waals surface area contributed by atoms with Gasteiger partial charge in [0.1, 0.15) is 22.5 Å². The number of hydrogen-bond donors (Lipinski definition) is 2. The SMILES string of the molecule is COc1ccccc1S(=O)(=O)N1CC(CCC(=O)O)Oc2ccc(NC(=O)OC(C)(C)C(F)(F)F)cc21. The van der Waals surface area contributed by atoms with Crippen molar-refractivity contribution >= 4 is 33.5 Å². The summed E-state index contributed by atoms with van der Waals surface area (Å²) in [6.45, 7) is 1.11. The van der Waals surface area contributed by atoms with Crippen molar-refractivity contribution in [3.8, 4) is 11.5 Å². The number of halogens is 3. The number of carboxylic acid groups (broad SMARTS) is 1. The lowest BCUT2D eigenvalue weighted by molar-refractivity contribution is -0.242. The molecule has 0 aromatic heterocycles. The molecule has 0 spiro atoms. The molecule has 0 saturated heterocycles. The maximum absolute atomic E-state index is 13.7. The minimum atomic E-state index is -4.82. The highest BCUT2D eigenvalue weighted by molar-refractivity contribution is 7.93. The first kappa shape index (κ1) is 27.9. The van der Waals surface area contributed by atoms with Crippen molar-refractivity contribution in [1.29, 1.82) is 0 Å². The van der Waals surface area contributed by atoms with E-state index in [4.69, 9.17) is 14.6 Å². The molecule has 14 heteroatoms. The number of carboxylic acids is 1. The molecular weight excluding hydrogens is 521 g/mol. The Morgan fingerprint density at radius 1 is 1.19 bits per heavy atom. The van der Waals surface area contributed by atoms with Gasteiger partial charge in [0.2, 0.25) is 5.60 Å². The third kappa shape index (κ3) is 6.18. The van der Waals surface area contributed by atoms with Crippen molar-refractivity contribution in [2.75, 3.05) is 23.3 Å². The molecule has 0 bridgehead atoms. The number of carbonyl (C=O) groups is 2. The van der Waals surface area contributed by atoms with Crippen molar-refractivity contribution in [1.82, 2.24) is 0 Å². The number of para-hydroxylation sites is 1. The van der Waals surface area contributed by atoms with Crippen molar-refractivity contribution in [2.24, 2.45) is 0 Å². The first-order chi connectivity index (χ1) is 17.2. The summed E-state index contributed by atoms with van der Waals surface area (Å²) in [5.41, 5.74) is -2.86. The molecule has 3 rings (SSSR count). The van der Waals surface area contributed by atoms with E-state index in [0.29, 0.717) is 13.8 Å². The quantitative estimate of drug-likeness (QED) is 0.498. The van der Waals surface area contributed by atoms with E-state index in [1.165, 1.54) is 43.5 Å². The van der Waals surface area contributed by atoms with E-state index in [1.807, 2.05) is 0 Å². The third-order valence-corrected chi connectivity index (χ3v) is 7.30. The third-order valence-electron chi connectivity index (χ3n) is 5.48. The molecule has 2 N–H and O–H groups in total. The standard InChI is InChI=1S/C23H25F3N2O8S/c1-22(2,23(24,25)26)36-21(31)27-14-8-10-17-16(12-14)28(13-15(35-17)9-11-20(29)30)37(32,33)19-7-5-4-6-18(19)34-3/h4-8,10,12,15H,9,11,13H2,1-3H3,(H,27,31)(H,29,30).